The smallest absolute Gasteiger partial charge is 0.270 e. The van der Waals surface area contributed by atoms with E-state index in [-0.39, 0.29) is 17.6 Å². The zero-order valence-electron chi connectivity index (χ0n) is 12.0. The quantitative estimate of drug-likeness (QED) is 0.509. The Kier molecular flexibility index (Phi) is 5.05. The van der Waals surface area contributed by atoms with Crippen LogP contribution in [0.5, 0.6) is 0 Å². The summed E-state index contributed by atoms with van der Waals surface area (Å²) in [6.45, 7) is 1.56. The highest BCUT2D eigenvalue weighted by molar-refractivity contribution is 5.92. The Labute approximate surface area is 123 Å². The van der Waals surface area contributed by atoms with Gasteiger partial charge in [-0.2, -0.15) is 0 Å². The van der Waals surface area contributed by atoms with Crippen molar-refractivity contribution in [3.8, 4) is 0 Å². The van der Waals surface area contributed by atoms with Gasteiger partial charge in [0.15, 0.2) is 0 Å². The maximum atomic E-state index is 12.2. The zero-order valence-corrected chi connectivity index (χ0v) is 12.0. The molecule has 1 amide bonds. The molecule has 0 saturated carbocycles. The van der Waals surface area contributed by atoms with Gasteiger partial charge in [-0.3, -0.25) is 14.9 Å². The first-order valence-electron chi connectivity index (χ1n) is 6.99. The van der Waals surface area contributed by atoms with Crippen LogP contribution in [0.3, 0.4) is 0 Å². The van der Waals surface area contributed by atoms with Gasteiger partial charge >= 0.3 is 0 Å². The third-order valence-electron chi connectivity index (χ3n) is 3.60. The lowest BCUT2D eigenvalue weighted by molar-refractivity contribution is -0.384. The molecule has 1 N–H and O–H groups in total. The van der Waals surface area contributed by atoms with E-state index >= 15 is 0 Å². The Hall–Kier alpha value is -2.21. The van der Waals surface area contributed by atoms with Crippen LogP contribution < -0.4 is 5.32 Å². The molecule has 0 spiro atoms. The largest absolute Gasteiger partial charge is 0.335 e. The van der Waals surface area contributed by atoms with E-state index in [1.54, 1.807) is 18.2 Å². The van der Waals surface area contributed by atoms with Crippen LogP contribution in [0.2, 0.25) is 0 Å². The molecule has 1 aromatic carbocycles. The van der Waals surface area contributed by atoms with Gasteiger partial charge in [0.25, 0.3) is 5.69 Å². The van der Waals surface area contributed by atoms with Crippen LogP contribution in [0.1, 0.15) is 18.4 Å². The Balaban J connectivity index is 2.05. The molecule has 1 aromatic rings. The molecule has 1 atom stereocenters. The summed E-state index contributed by atoms with van der Waals surface area (Å²) in [6.07, 6.45) is 5.15. The minimum Gasteiger partial charge on any atom is -0.335 e. The number of nitrogens with one attached hydrogen (secondary N) is 1. The molecule has 1 heterocycles. The van der Waals surface area contributed by atoms with Crippen molar-refractivity contribution in [2.75, 3.05) is 20.1 Å². The summed E-state index contributed by atoms with van der Waals surface area (Å²) in [7, 11) is 1.87. The number of carbonyl (C=O) groups is 1. The van der Waals surface area contributed by atoms with Gasteiger partial charge in [0.05, 0.1) is 4.92 Å². The highest BCUT2D eigenvalue weighted by Crippen LogP contribution is 2.18. The minimum absolute atomic E-state index is 0.0267. The van der Waals surface area contributed by atoms with Gasteiger partial charge in [0.2, 0.25) is 5.91 Å². The van der Waals surface area contributed by atoms with Gasteiger partial charge in [-0.15, -0.1) is 0 Å². The Morgan fingerprint density at radius 3 is 3.10 bits per heavy atom. The van der Waals surface area contributed by atoms with Crippen molar-refractivity contribution in [2.24, 2.45) is 0 Å². The molecular weight excluding hydrogens is 270 g/mol. The van der Waals surface area contributed by atoms with E-state index in [1.807, 2.05) is 11.9 Å². The number of benzene rings is 1. The number of likely N-dealkylation sites (N-methyl/N-ethyl adjacent to an activating group) is 1. The van der Waals surface area contributed by atoms with Crippen molar-refractivity contribution in [3.05, 3.63) is 46.0 Å². The standard InChI is InChI=1S/C15H19N3O3/c1-16-11-14-6-3-9-17(14)15(19)8-7-12-4-2-5-13(10-12)18(20)21/h2,4-5,7-8,10,14,16H,3,6,9,11H2,1H3/b8-7+. The summed E-state index contributed by atoms with van der Waals surface area (Å²) in [5.41, 5.74) is 0.681. The average molecular weight is 289 g/mol. The van der Waals surface area contributed by atoms with E-state index in [9.17, 15) is 14.9 Å². The van der Waals surface area contributed by atoms with Crippen molar-refractivity contribution in [1.29, 1.82) is 0 Å². The number of hydrogen-bond donors (Lipinski definition) is 1. The number of likely N-dealkylation sites (tertiary alicyclic amines) is 1. The molecule has 1 aliphatic rings. The molecule has 0 bridgehead atoms. The number of rotatable bonds is 5. The molecule has 21 heavy (non-hydrogen) atoms. The normalized spacial score (nSPS) is 18.3. The van der Waals surface area contributed by atoms with Crippen LogP contribution in [-0.4, -0.2) is 41.9 Å². The van der Waals surface area contributed by atoms with Crippen LogP contribution >= 0.6 is 0 Å². The number of nitro benzene ring substituents is 1. The second-order valence-corrected chi connectivity index (χ2v) is 5.07. The summed E-state index contributed by atoms with van der Waals surface area (Å²) in [5, 5.41) is 13.8. The van der Waals surface area contributed by atoms with Crippen molar-refractivity contribution < 1.29 is 9.72 Å². The fourth-order valence-electron chi connectivity index (χ4n) is 2.58. The molecule has 0 radical (unpaired) electrons. The molecule has 1 saturated heterocycles. The number of carbonyl (C=O) groups excluding carboxylic acids is 1. The Morgan fingerprint density at radius 1 is 1.57 bits per heavy atom. The van der Waals surface area contributed by atoms with E-state index in [4.69, 9.17) is 0 Å². The Morgan fingerprint density at radius 2 is 2.38 bits per heavy atom. The van der Waals surface area contributed by atoms with Crippen LogP contribution in [0.25, 0.3) is 6.08 Å². The fraction of sp³-hybridized carbons (Fsp3) is 0.400. The predicted octanol–water partition coefficient (Wildman–Crippen LogP) is 1.82. The summed E-state index contributed by atoms with van der Waals surface area (Å²) in [6, 6.07) is 6.48. The van der Waals surface area contributed by atoms with Gasteiger partial charge < -0.3 is 10.2 Å². The van der Waals surface area contributed by atoms with E-state index in [0.717, 1.165) is 25.9 Å². The molecular formula is C15H19N3O3. The molecule has 0 aliphatic carbocycles. The second kappa shape index (κ2) is 6.99. The first kappa shape index (κ1) is 15.2. The van der Waals surface area contributed by atoms with Crippen molar-refractivity contribution in [1.82, 2.24) is 10.2 Å². The van der Waals surface area contributed by atoms with Gasteiger partial charge in [-0.05, 0) is 31.5 Å². The van der Waals surface area contributed by atoms with Crippen LogP contribution in [0.15, 0.2) is 30.3 Å². The number of hydrogen-bond acceptors (Lipinski definition) is 4. The summed E-state index contributed by atoms with van der Waals surface area (Å²) < 4.78 is 0. The van der Waals surface area contributed by atoms with Gasteiger partial charge in [0.1, 0.15) is 0 Å². The monoisotopic (exact) mass is 289 g/mol. The highest BCUT2D eigenvalue weighted by atomic mass is 16.6. The zero-order chi connectivity index (χ0) is 15.2. The fourth-order valence-corrected chi connectivity index (χ4v) is 2.58. The minimum atomic E-state index is -0.442. The molecule has 0 aromatic heterocycles. The van der Waals surface area contributed by atoms with Crippen molar-refractivity contribution in [3.63, 3.8) is 0 Å². The number of amides is 1. The lowest BCUT2D eigenvalue weighted by Gasteiger charge is -2.23. The van der Waals surface area contributed by atoms with E-state index in [1.165, 1.54) is 18.2 Å². The lowest BCUT2D eigenvalue weighted by atomic mass is 10.2. The lowest BCUT2D eigenvalue weighted by Crippen LogP contribution is -2.39. The topological polar surface area (TPSA) is 75.5 Å². The van der Waals surface area contributed by atoms with Gasteiger partial charge in [0, 0.05) is 37.3 Å². The van der Waals surface area contributed by atoms with Crippen molar-refractivity contribution in [2.45, 2.75) is 18.9 Å². The third-order valence-corrected chi connectivity index (χ3v) is 3.60. The van der Waals surface area contributed by atoms with E-state index in [0.29, 0.717) is 5.56 Å². The number of non-ortho nitro benzene ring substituents is 1. The third kappa shape index (κ3) is 3.88. The summed E-state index contributed by atoms with van der Waals surface area (Å²) in [4.78, 5) is 24.3. The maximum absolute atomic E-state index is 12.2. The number of nitrogens with zero attached hydrogens (tertiary/aromatic N) is 2. The molecule has 6 heteroatoms. The molecule has 6 nitrogen and oxygen atoms in total. The van der Waals surface area contributed by atoms with Crippen LogP contribution in [-0.2, 0) is 4.79 Å². The maximum Gasteiger partial charge on any atom is 0.270 e. The first-order chi connectivity index (χ1) is 10.1. The predicted molar refractivity (Wildman–Crippen MR) is 80.8 cm³/mol. The average Bonchev–Trinajstić information content (AvgIpc) is 2.94. The SMILES string of the molecule is CNCC1CCCN1C(=O)/C=C/c1cccc([N+](=O)[O-])c1. The molecule has 1 unspecified atom stereocenters. The second-order valence-electron chi connectivity index (χ2n) is 5.07. The van der Waals surface area contributed by atoms with Crippen molar-refractivity contribution >= 4 is 17.7 Å². The summed E-state index contributed by atoms with van der Waals surface area (Å²) >= 11 is 0. The van der Waals surface area contributed by atoms with E-state index < -0.39 is 4.92 Å². The highest BCUT2D eigenvalue weighted by Gasteiger charge is 2.26. The molecule has 1 aliphatic heterocycles. The molecule has 112 valence electrons. The first-order valence-corrected chi connectivity index (χ1v) is 6.99. The van der Waals surface area contributed by atoms with E-state index in [2.05, 4.69) is 5.32 Å². The van der Waals surface area contributed by atoms with Gasteiger partial charge in [-0.1, -0.05) is 12.1 Å². The Bertz CT molecular complexity index is 557. The molecule has 2 rings (SSSR count). The summed E-state index contributed by atoms with van der Waals surface area (Å²) in [5.74, 6) is -0.0424. The number of nitro groups is 1. The molecule has 1 fully saturated rings. The van der Waals surface area contributed by atoms with Gasteiger partial charge in [-0.25, -0.2) is 0 Å². The van der Waals surface area contributed by atoms with Crippen LogP contribution in [0.4, 0.5) is 5.69 Å². The van der Waals surface area contributed by atoms with Crippen LogP contribution in [0, 0.1) is 10.1 Å².